The van der Waals surface area contributed by atoms with Gasteiger partial charge in [-0.2, -0.15) is 5.26 Å². The minimum atomic E-state index is -1.76. The molecule has 0 saturated heterocycles. The number of rotatable bonds is 7. The molecule has 0 bridgehead atoms. The quantitative estimate of drug-likeness (QED) is 0.572. The molecule has 0 radical (unpaired) electrons. The van der Waals surface area contributed by atoms with Crippen molar-refractivity contribution in [3.63, 3.8) is 0 Å². The van der Waals surface area contributed by atoms with Gasteiger partial charge in [-0.1, -0.05) is 12.1 Å². The number of nitrogens with one attached hydrogen (secondary N) is 1. The number of nitrogens with zero attached hydrogens (tertiary/aromatic N) is 2. The van der Waals surface area contributed by atoms with Crippen molar-refractivity contribution in [2.75, 3.05) is 6.54 Å². The summed E-state index contributed by atoms with van der Waals surface area (Å²) in [4.78, 5) is 27.8. The maximum Gasteiger partial charge on any atom is 0.308 e. The van der Waals surface area contributed by atoms with Crippen LogP contribution in [0.1, 0.15) is 29.8 Å². The molecule has 0 spiro atoms. The zero-order valence-corrected chi connectivity index (χ0v) is 17.2. The lowest BCUT2D eigenvalue weighted by atomic mass is 9.93. The Hall–Kier alpha value is -4.00. The van der Waals surface area contributed by atoms with Crippen molar-refractivity contribution in [2.24, 2.45) is 11.8 Å². The highest BCUT2D eigenvalue weighted by atomic mass is 19.1. The van der Waals surface area contributed by atoms with Crippen molar-refractivity contribution in [1.29, 1.82) is 5.26 Å². The summed E-state index contributed by atoms with van der Waals surface area (Å²) in [7, 11) is 0. The molecule has 170 valence electrons. The number of fused-ring (bicyclic) bond motifs is 1. The van der Waals surface area contributed by atoms with E-state index in [-0.39, 0.29) is 35.0 Å². The average molecular weight is 455 g/mol. The number of aromatic nitrogens is 1. The van der Waals surface area contributed by atoms with Gasteiger partial charge in [-0.3, -0.25) is 9.59 Å². The minimum absolute atomic E-state index is 0.0224. The number of nitriles is 1. The number of para-hydroxylation sites is 1. The zero-order valence-electron chi connectivity index (χ0n) is 17.2. The van der Waals surface area contributed by atoms with Crippen LogP contribution in [0.5, 0.6) is 11.5 Å². The summed E-state index contributed by atoms with van der Waals surface area (Å²) in [6.07, 6.45) is 5.33. The van der Waals surface area contributed by atoms with Crippen molar-refractivity contribution in [3.8, 4) is 17.6 Å². The Labute approximate surface area is 186 Å². The maximum absolute atomic E-state index is 14.0. The highest BCUT2D eigenvalue weighted by Gasteiger charge is 2.37. The van der Waals surface area contributed by atoms with Crippen molar-refractivity contribution < 1.29 is 33.3 Å². The normalized spacial score (nSPS) is 19.8. The van der Waals surface area contributed by atoms with E-state index < -0.39 is 46.5 Å². The van der Waals surface area contributed by atoms with Crippen molar-refractivity contribution in [3.05, 3.63) is 52.2 Å². The van der Waals surface area contributed by atoms with Gasteiger partial charge in [-0.05, 0) is 37.0 Å². The fraction of sp³-hybridized carbons (Fsp3) is 0.304. The van der Waals surface area contributed by atoms with E-state index in [4.69, 9.17) is 4.74 Å². The summed E-state index contributed by atoms with van der Waals surface area (Å²) >= 11 is 0. The molecular weight excluding hydrogens is 436 g/mol. The summed E-state index contributed by atoms with van der Waals surface area (Å²) < 4.78 is 33.4. The van der Waals surface area contributed by atoms with Crippen LogP contribution in [0.15, 0.2) is 24.4 Å². The van der Waals surface area contributed by atoms with Gasteiger partial charge in [0, 0.05) is 29.6 Å². The predicted octanol–water partition coefficient (Wildman–Crippen LogP) is 1.21. The van der Waals surface area contributed by atoms with Crippen LogP contribution in [0.3, 0.4) is 0 Å². The minimum Gasteiger partial charge on any atom is -0.505 e. The van der Waals surface area contributed by atoms with Crippen LogP contribution in [0.25, 0.3) is 12.2 Å². The number of ether oxygens (including phenoxy) is 1. The molecule has 1 aromatic carbocycles. The summed E-state index contributed by atoms with van der Waals surface area (Å²) in [5, 5.41) is 32.5. The molecule has 1 saturated carbocycles. The Morgan fingerprint density at radius 3 is 2.64 bits per heavy atom. The van der Waals surface area contributed by atoms with E-state index in [9.17, 15) is 33.8 Å². The van der Waals surface area contributed by atoms with Gasteiger partial charge in [0.1, 0.15) is 6.07 Å². The summed E-state index contributed by atoms with van der Waals surface area (Å²) in [5.74, 6) is -5.52. The van der Waals surface area contributed by atoms with Crippen LogP contribution in [0, 0.1) is 34.8 Å². The van der Waals surface area contributed by atoms with Crippen LogP contribution in [-0.4, -0.2) is 39.2 Å². The van der Waals surface area contributed by atoms with Gasteiger partial charge in [-0.25, -0.2) is 13.8 Å². The van der Waals surface area contributed by atoms with Gasteiger partial charge in [0.25, 0.3) is 5.91 Å². The monoisotopic (exact) mass is 455 g/mol. The number of halogens is 2. The lowest BCUT2D eigenvalue weighted by Crippen LogP contribution is -2.43. The first-order valence-electron chi connectivity index (χ1n) is 10.2. The molecule has 1 fully saturated rings. The third-order valence-corrected chi connectivity index (χ3v) is 5.72. The number of hydrogen-bond acceptors (Lipinski definition) is 6. The Morgan fingerprint density at radius 1 is 1.33 bits per heavy atom. The summed E-state index contributed by atoms with van der Waals surface area (Å²) in [5.41, 5.74) is -2.06. The van der Waals surface area contributed by atoms with Gasteiger partial charge in [0.05, 0.1) is 5.92 Å². The second kappa shape index (κ2) is 8.50. The highest BCUT2D eigenvalue weighted by molar-refractivity contribution is 5.95. The Balaban J connectivity index is 1.60. The van der Waals surface area contributed by atoms with Crippen molar-refractivity contribution in [1.82, 2.24) is 10.3 Å². The number of benzene rings is 1. The lowest BCUT2D eigenvalue weighted by Gasteiger charge is -2.26. The summed E-state index contributed by atoms with van der Waals surface area (Å²) in [6, 6.07) is 5.06. The van der Waals surface area contributed by atoms with E-state index in [1.165, 1.54) is 24.4 Å². The second-order valence-corrected chi connectivity index (χ2v) is 8.02. The third kappa shape index (κ3) is 4.35. The van der Waals surface area contributed by atoms with E-state index in [0.29, 0.717) is 0 Å². The number of carbonyl (C=O) groups excluding carboxylic acids is 1. The molecule has 8 nitrogen and oxygen atoms in total. The number of pyridine rings is 1. The predicted molar refractivity (Wildman–Crippen MR) is 110 cm³/mol. The van der Waals surface area contributed by atoms with E-state index >= 15 is 0 Å². The first-order chi connectivity index (χ1) is 15.7. The fourth-order valence-corrected chi connectivity index (χ4v) is 3.76. The van der Waals surface area contributed by atoms with Crippen LogP contribution < -0.4 is 20.5 Å². The molecule has 2 aliphatic carbocycles. The molecule has 2 atom stereocenters. The molecule has 10 heteroatoms. The van der Waals surface area contributed by atoms with Crippen LogP contribution in [0.2, 0.25) is 0 Å². The lowest BCUT2D eigenvalue weighted by molar-refractivity contribution is -0.142. The Bertz CT molecular complexity index is 1280. The molecule has 1 aromatic heterocycles. The molecule has 1 heterocycles. The zero-order chi connectivity index (χ0) is 23.8. The number of carbonyl (C=O) groups is 2. The van der Waals surface area contributed by atoms with Gasteiger partial charge >= 0.3 is 5.97 Å². The highest BCUT2D eigenvalue weighted by Crippen LogP contribution is 2.36. The number of amides is 1. The number of hydrogen-bond donors (Lipinski definition) is 3. The Kier molecular flexibility index (Phi) is 5.72. The standard InChI is InChI=1S/C23H19F2N3O5/c24-16-2-1-3-17(25)20(16)33-23(11-26)7-6-14-13(8-23)9-27-18(19(14)29)21(30)28-10-15(22(31)32)12-4-5-12/h1-3,6,8-9,12,15,29H,4-5,7,10H2,(H,28,30)(H,31,32). The number of aromatic hydroxyl groups is 1. The van der Waals surface area contributed by atoms with E-state index in [1.807, 2.05) is 6.07 Å². The van der Waals surface area contributed by atoms with E-state index in [2.05, 4.69) is 10.3 Å². The molecule has 2 aliphatic rings. The van der Waals surface area contributed by atoms with E-state index in [0.717, 1.165) is 25.0 Å². The SMILES string of the molecule is N#CC1(Oc2c(F)cccc2F)C=c2cnc(C(=O)NCC(C(=O)O)C3CC3)c(O)c2=CC1. The Morgan fingerprint density at radius 2 is 2.03 bits per heavy atom. The molecule has 3 N–H and O–H groups in total. The first-order valence-corrected chi connectivity index (χ1v) is 10.2. The van der Waals surface area contributed by atoms with Crippen LogP contribution >= 0.6 is 0 Å². The van der Waals surface area contributed by atoms with Crippen molar-refractivity contribution in [2.45, 2.75) is 24.9 Å². The number of carboxylic acids is 1. The largest absolute Gasteiger partial charge is 0.505 e. The smallest absolute Gasteiger partial charge is 0.308 e. The first kappa shape index (κ1) is 22.2. The molecule has 2 unspecified atom stereocenters. The third-order valence-electron chi connectivity index (χ3n) is 5.72. The van der Waals surface area contributed by atoms with E-state index in [1.54, 1.807) is 0 Å². The van der Waals surface area contributed by atoms with Crippen LogP contribution in [0.4, 0.5) is 8.78 Å². The molecular formula is C23H19F2N3O5. The summed E-state index contributed by atoms with van der Waals surface area (Å²) in [6.45, 7) is -0.0908. The number of carboxylic acid groups (broad SMARTS) is 1. The molecule has 1 amide bonds. The second-order valence-electron chi connectivity index (χ2n) is 8.02. The maximum atomic E-state index is 14.0. The van der Waals surface area contributed by atoms with Gasteiger partial charge in [0.15, 0.2) is 28.8 Å². The van der Waals surface area contributed by atoms with Gasteiger partial charge in [-0.15, -0.1) is 0 Å². The average Bonchev–Trinajstić information content (AvgIpc) is 3.61. The van der Waals surface area contributed by atoms with Crippen molar-refractivity contribution >= 4 is 24.0 Å². The number of aliphatic carboxylic acids is 1. The molecule has 2 aromatic rings. The molecule has 0 aliphatic heterocycles. The van der Waals surface area contributed by atoms with Crippen LogP contribution in [-0.2, 0) is 4.79 Å². The molecule has 4 rings (SSSR count). The van der Waals surface area contributed by atoms with Gasteiger partial charge < -0.3 is 20.3 Å². The fourth-order valence-electron chi connectivity index (χ4n) is 3.76. The molecule has 33 heavy (non-hydrogen) atoms. The topological polar surface area (TPSA) is 133 Å². The van der Waals surface area contributed by atoms with Gasteiger partial charge in [0.2, 0.25) is 5.60 Å².